The van der Waals surface area contributed by atoms with Crippen molar-refractivity contribution >= 4 is 25.5 Å². The zero-order valence-electron chi connectivity index (χ0n) is 32.8. The van der Waals surface area contributed by atoms with Crippen molar-refractivity contribution in [2.45, 2.75) is 48.8 Å². The molecule has 7 aromatic rings. The highest BCUT2D eigenvalue weighted by Gasteiger charge is 2.70. The lowest BCUT2D eigenvalue weighted by atomic mass is 9.72. The van der Waals surface area contributed by atoms with Crippen molar-refractivity contribution in [3.63, 3.8) is 0 Å². The molecule has 9 heteroatoms. The van der Waals surface area contributed by atoms with E-state index >= 15 is 9.13 Å². The first-order valence-electron chi connectivity index (χ1n) is 19.8. The van der Waals surface area contributed by atoms with E-state index in [4.69, 9.17) is 18.5 Å². The summed E-state index contributed by atoms with van der Waals surface area (Å²) in [4.78, 5) is 0. The highest BCUT2D eigenvalue weighted by molar-refractivity contribution is 7.77. The van der Waals surface area contributed by atoms with E-state index in [2.05, 4.69) is 5.09 Å². The number of hydrogen-bond donors (Lipinski definition) is 1. The lowest BCUT2D eigenvalue weighted by Gasteiger charge is -2.42. The van der Waals surface area contributed by atoms with Gasteiger partial charge in [0.2, 0.25) is 7.29 Å². The van der Waals surface area contributed by atoms with Crippen LogP contribution in [0.4, 0.5) is 0 Å². The smallest absolute Gasteiger partial charge is 0.341 e. The van der Waals surface area contributed by atoms with Crippen LogP contribution >= 0.6 is 14.9 Å². The second-order valence-corrected chi connectivity index (χ2v) is 19.8. The highest BCUT2D eigenvalue weighted by Crippen LogP contribution is 2.74. The van der Waals surface area contributed by atoms with Crippen LogP contribution in [0.25, 0.3) is 0 Å². The molecule has 2 aliphatic heterocycles. The molecule has 2 heterocycles. The Balaban J connectivity index is 1.41. The van der Waals surface area contributed by atoms with Crippen LogP contribution in [0.2, 0.25) is 0 Å². The quantitative estimate of drug-likeness (QED) is 0.138. The van der Waals surface area contributed by atoms with E-state index in [1.54, 1.807) is 0 Å². The predicted octanol–water partition coefficient (Wildman–Crippen LogP) is 10.9. The third kappa shape index (κ3) is 6.97. The normalized spacial score (nSPS) is 20.8. The molecule has 0 amide bonds. The summed E-state index contributed by atoms with van der Waals surface area (Å²) in [5.41, 5.74) is 0.0737. The molecule has 0 saturated carbocycles. The molecule has 0 radical (unpaired) electrons. The van der Waals surface area contributed by atoms with Gasteiger partial charge in [-0.2, -0.15) is 0 Å². The molecular formula is C50H45NO6P2. The highest BCUT2D eigenvalue weighted by atomic mass is 31.2. The third-order valence-electron chi connectivity index (χ3n) is 11.2. The average Bonchev–Trinajstić information content (AvgIpc) is 3.59. The third-order valence-corrected chi connectivity index (χ3v) is 16.2. The maximum absolute atomic E-state index is 17.5. The molecule has 7 aromatic carbocycles. The Morgan fingerprint density at radius 1 is 0.475 bits per heavy atom. The molecule has 59 heavy (non-hydrogen) atoms. The molecule has 7 nitrogen and oxygen atoms in total. The summed E-state index contributed by atoms with van der Waals surface area (Å²) in [6, 6.07) is 66.8. The van der Waals surface area contributed by atoms with Crippen molar-refractivity contribution in [2.24, 2.45) is 0 Å². The van der Waals surface area contributed by atoms with Gasteiger partial charge in [-0.1, -0.05) is 188 Å². The lowest BCUT2D eigenvalue weighted by molar-refractivity contribution is -0.176. The van der Waals surface area contributed by atoms with E-state index < -0.39 is 49.9 Å². The maximum atomic E-state index is 17.5. The van der Waals surface area contributed by atoms with Gasteiger partial charge in [0.05, 0.1) is 0 Å². The SMILES string of the molecule is CC1(C)O[C@@H]2[C@@H](O1)C(c1ccccc1)(c1ccccc1)OP(=O)([C@@H](NP(=O)(c1ccccc1)c1ccccc1)c1ccccc1)OC2(c1ccccc1)c1ccccc1. The van der Waals surface area contributed by atoms with Gasteiger partial charge in [-0.3, -0.25) is 18.2 Å². The number of nitrogens with one attached hydrogen (secondary N) is 1. The molecule has 0 spiro atoms. The average molecular weight is 818 g/mol. The van der Waals surface area contributed by atoms with Gasteiger partial charge in [-0.15, -0.1) is 0 Å². The van der Waals surface area contributed by atoms with Gasteiger partial charge >= 0.3 is 7.60 Å². The standard InChI is InChI=1S/C50H45NO6P2/c1-48(2)54-45-46(55-48)50(41-30-16-6-17-31-41,42-32-18-7-19-33-42)57-59(53,56-49(45,39-26-12-4-13-27-39)40-28-14-5-15-29-40)47(38-24-10-3-11-25-38)51-58(52,43-34-20-8-21-35-43)44-36-22-9-23-37-44/h3-37,45-47H,1-2H3,(H,51,52)/t45-,46-,47-/m1/s1. The minimum Gasteiger partial charge on any atom is -0.341 e. The van der Waals surface area contributed by atoms with Gasteiger partial charge in [0.25, 0.3) is 0 Å². The first-order valence-corrected chi connectivity index (χ1v) is 23.1. The molecular weight excluding hydrogens is 772 g/mol. The maximum Gasteiger partial charge on any atom is 0.354 e. The van der Waals surface area contributed by atoms with E-state index in [1.165, 1.54) is 0 Å². The lowest BCUT2D eigenvalue weighted by Crippen LogP contribution is -2.53. The predicted molar refractivity (Wildman–Crippen MR) is 233 cm³/mol. The summed E-state index contributed by atoms with van der Waals surface area (Å²) in [7, 11) is -8.60. The fourth-order valence-corrected chi connectivity index (χ4v) is 14.2. The Bertz CT molecular complexity index is 2350. The van der Waals surface area contributed by atoms with Crippen molar-refractivity contribution < 1.29 is 27.7 Å². The van der Waals surface area contributed by atoms with Crippen molar-refractivity contribution in [3.05, 3.63) is 240 Å². The number of ether oxygens (including phenoxy) is 2. The van der Waals surface area contributed by atoms with E-state index in [9.17, 15) is 0 Å². The summed E-state index contributed by atoms with van der Waals surface area (Å²) < 4.78 is 63.2. The van der Waals surface area contributed by atoms with Crippen LogP contribution in [-0.4, -0.2) is 18.0 Å². The number of benzene rings is 7. The summed E-state index contributed by atoms with van der Waals surface area (Å²) in [6.45, 7) is 3.76. The van der Waals surface area contributed by atoms with Crippen LogP contribution in [0.3, 0.4) is 0 Å². The second kappa shape index (κ2) is 15.8. The van der Waals surface area contributed by atoms with Crippen molar-refractivity contribution in [3.8, 4) is 0 Å². The van der Waals surface area contributed by atoms with Crippen LogP contribution < -0.4 is 15.7 Å². The second-order valence-electron chi connectivity index (χ2n) is 15.4. The summed E-state index contributed by atoms with van der Waals surface area (Å²) in [5.74, 6) is -2.44. The van der Waals surface area contributed by atoms with Crippen molar-refractivity contribution in [1.29, 1.82) is 0 Å². The van der Waals surface area contributed by atoms with Gasteiger partial charge < -0.3 is 9.47 Å². The van der Waals surface area contributed by atoms with Crippen LogP contribution in [0.15, 0.2) is 212 Å². The summed E-state index contributed by atoms with van der Waals surface area (Å²) >= 11 is 0. The number of fused-ring (bicyclic) bond motifs is 1. The molecule has 9 rings (SSSR count). The molecule has 1 N–H and O–H groups in total. The van der Waals surface area contributed by atoms with E-state index in [1.807, 2.05) is 226 Å². The minimum atomic E-state index is -4.77. The molecule has 296 valence electrons. The largest absolute Gasteiger partial charge is 0.354 e. The van der Waals surface area contributed by atoms with Gasteiger partial charge in [-0.25, -0.2) is 5.09 Å². The molecule has 2 saturated heterocycles. The molecule has 2 fully saturated rings. The first kappa shape index (κ1) is 39.3. The number of hydrogen-bond acceptors (Lipinski definition) is 6. The van der Waals surface area contributed by atoms with Gasteiger partial charge in [-0.05, 0) is 65.9 Å². The van der Waals surface area contributed by atoms with E-state index in [0.717, 1.165) is 0 Å². The number of rotatable bonds is 10. The fraction of sp³-hybridized carbons (Fsp3) is 0.160. The zero-order chi connectivity index (χ0) is 40.6. The monoisotopic (exact) mass is 817 g/mol. The van der Waals surface area contributed by atoms with Crippen molar-refractivity contribution in [1.82, 2.24) is 5.09 Å². The van der Waals surface area contributed by atoms with Gasteiger partial charge in [0.15, 0.2) is 17.0 Å². The van der Waals surface area contributed by atoms with Crippen molar-refractivity contribution in [2.75, 3.05) is 0 Å². The Morgan fingerprint density at radius 2 is 0.763 bits per heavy atom. The molecule has 3 atom stereocenters. The van der Waals surface area contributed by atoms with Crippen LogP contribution in [0.5, 0.6) is 0 Å². The van der Waals surface area contributed by atoms with E-state index in [-0.39, 0.29) is 0 Å². The van der Waals surface area contributed by atoms with Crippen LogP contribution in [-0.2, 0) is 38.9 Å². The molecule has 0 unspecified atom stereocenters. The summed E-state index contributed by atoms with van der Waals surface area (Å²) in [5, 5.41) is 4.61. The Morgan fingerprint density at radius 3 is 1.08 bits per heavy atom. The molecule has 0 bridgehead atoms. The fourth-order valence-electron chi connectivity index (χ4n) is 8.64. The Hall–Kier alpha value is -5.20. The minimum absolute atomic E-state index is 0.536. The van der Waals surface area contributed by atoms with Gasteiger partial charge in [0, 0.05) is 10.6 Å². The van der Waals surface area contributed by atoms with Crippen LogP contribution in [0.1, 0.15) is 47.4 Å². The van der Waals surface area contributed by atoms with Gasteiger partial charge in [0.1, 0.15) is 18.0 Å². The Labute approximate surface area is 345 Å². The van der Waals surface area contributed by atoms with E-state index in [0.29, 0.717) is 38.4 Å². The molecule has 0 aliphatic carbocycles. The topological polar surface area (TPSA) is 83.1 Å². The molecule has 0 aromatic heterocycles. The zero-order valence-corrected chi connectivity index (χ0v) is 34.6. The summed E-state index contributed by atoms with van der Waals surface area (Å²) in [6.07, 6.45) is -1.91. The molecule has 2 aliphatic rings. The first-order chi connectivity index (χ1) is 28.7. The Kier molecular flexibility index (Phi) is 10.5. The van der Waals surface area contributed by atoms with Crippen LogP contribution in [0, 0.1) is 0 Å².